The van der Waals surface area contributed by atoms with Gasteiger partial charge in [0.1, 0.15) is 0 Å². The maximum atomic E-state index is 13.2. The van der Waals surface area contributed by atoms with Crippen molar-refractivity contribution in [3.63, 3.8) is 0 Å². The van der Waals surface area contributed by atoms with Crippen molar-refractivity contribution in [2.75, 3.05) is 46.4 Å². The van der Waals surface area contributed by atoms with Crippen molar-refractivity contribution in [1.82, 2.24) is 9.80 Å². The minimum absolute atomic E-state index is 0.235. The predicted molar refractivity (Wildman–Crippen MR) is 91.3 cm³/mol. The Balaban J connectivity index is 1.64. The van der Waals surface area contributed by atoms with E-state index < -0.39 is 11.7 Å². The third-order valence-corrected chi connectivity index (χ3v) is 5.59. The molecule has 1 spiro atoms. The van der Waals surface area contributed by atoms with Crippen LogP contribution < -0.4 is 0 Å². The van der Waals surface area contributed by atoms with Gasteiger partial charge in [-0.15, -0.1) is 0 Å². The molecule has 0 aromatic heterocycles. The lowest BCUT2D eigenvalue weighted by molar-refractivity contribution is -0.138. The number of alkyl halides is 3. The minimum atomic E-state index is -4.28. The van der Waals surface area contributed by atoms with Crippen LogP contribution in [0.4, 0.5) is 13.2 Å². The Labute approximate surface area is 147 Å². The van der Waals surface area contributed by atoms with E-state index in [-0.39, 0.29) is 5.41 Å². The summed E-state index contributed by atoms with van der Waals surface area (Å²) in [5.74, 6) is 0. The molecule has 2 heterocycles. The van der Waals surface area contributed by atoms with E-state index in [0.29, 0.717) is 12.1 Å². The third kappa shape index (κ3) is 4.54. The summed E-state index contributed by atoms with van der Waals surface area (Å²) in [6.45, 7) is 5.96. The van der Waals surface area contributed by atoms with E-state index >= 15 is 0 Å². The van der Waals surface area contributed by atoms with Gasteiger partial charge in [-0.1, -0.05) is 18.2 Å². The fourth-order valence-corrected chi connectivity index (χ4v) is 4.39. The monoisotopic (exact) mass is 356 g/mol. The standard InChI is InChI=1S/C19H27F3N2O/c1-25-12-11-23-9-4-7-18(14-23)8-10-24(15-18)13-16-5-2-3-6-17(16)19(20,21)22/h2-3,5-6H,4,7-15H2,1H3. The molecule has 2 fully saturated rings. The van der Waals surface area contributed by atoms with E-state index in [1.165, 1.54) is 18.6 Å². The van der Waals surface area contributed by atoms with Crippen molar-refractivity contribution < 1.29 is 17.9 Å². The molecule has 0 N–H and O–H groups in total. The molecule has 0 radical (unpaired) electrons. The second-order valence-corrected chi connectivity index (χ2v) is 7.49. The van der Waals surface area contributed by atoms with E-state index in [4.69, 9.17) is 4.74 Å². The van der Waals surface area contributed by atoms with Crippen LogP contribution in [0.5, 0.6) is 0 Å². The lowest BCUT2D eigenvalue weighted by Gasteiger charge is -2.40. The highest BCUT2D eigenvalue weighted by Gasteiger charge is 2.41. The van der Waals surface area contributed by atoms with E-state index in [0.717, 1.165) is 52.2 Å². The van der Waals surface area contributed by atoms with Gasteiger partial charge in [-0.25, -0.2) is 0 Å². The van der Waals surface area contributed by atoms with Crippen molar-refractivity contribution in [2.24, 2.45) is 5.41 Å². The number of halogens is 3. The van der Waals surface area contributed by atoms with Gasteiger partial charge in [0.25, 0.3) is 0 Å². The van der Waals surface area contributed by atoms with Gasteiger partial charge < -0.3 is 9.64 Å². The first-order chi connectivity index (χ1) is 11.9. The molecule has 1 aromatic rings. The zero-order valence-corrected chi connectivity index (χ0v) is 14.8. The van der Waals surface area contributed by atoms with Gasteiger partial charge in [0, 0.05) is 33.3 Å². The fraction of sp³-hybridized carbons (Fsp3) is 0.684. The lowest BCUT2D eigenvalue weighted by atomic mass is 9.79. The molecule has 1 unspecified atom stereocenters. The Bertz CT molecular complexity index is 578. The molecule has 1 aromatic carbocycles. The molecule has 0 amide bonds. The molecule has 0 saturated carbocycles. The number of methoxy groups -OCH3 is 1. The number of nitrogens with zero attached hydrogens (tertiary/aromatic N) is 2. The molecule has 140 valence electrons. The summed E-state index contributed by atoms with van der Waals surface area (Å²) >= 11 is 0. The van der Waals surface area contributed by atoms with E-state index in [1.54, 1.807) is 19.2 Å². The maximum absolute atomic E-state index is 13.2. The van der Waals surface area contributed by atoms with Crippen LogP contribution in [0.3, 0.4) is 0 Å². The second-order valence-electron chi connectivity index (χ2n) is 7.49. The normalized spacial score (nSPS) is 25.8. The zero-order valence-electron chi connectivity index (χ0n) is 14.8. The molecular weight excluding hydrogens is 329 g/mol. The summed E-state index contributed by atoms with van der Waals surface area (Å²) in [5, 5.41) is 0. The number of hydrogen-bond donors (Lipinski definition) is 0. The first-order valence-electron chi connectivity index (χ1n) is 9.01. The number of piperidine rings is 1. The van der Waals surface area contributed by atoms with Gasteiger partial charge in [-0.05, 0) is 49.4 Å². The molecule has 2 aliphatic heterocycles. The number of rotatable bonds is 5. The summed E-state index contributed by atoms with van der Waals surface area (Å²) in [6.07, 6.45) is -0.870. The van der Waals surface area contributed by atoms with Gasteiger partial charge in [0.2, 0.25) is 0 Å². The molecule has 3 rings (SSSR count). The lowest BCUT2D eigenvalue weighted by Crippen LogP contribution is -2.45. The Morgan fingerprint density at radius 2 is 1.84 bits per heavy atom. The van der Waals surface area contributed by atoms with Crippen molar-refractivity contribution >= 4 is 0 Å². The highest BCUT2D eigenvalue weighted by Crippen LogP contribution is 2.40. The Morgan fingerprint density at radius 3 is 2.60 bits per heavy atom. The van der Waals surface area contributed by atoms with Crippen LogP contribution in [0.15, 0.2) is 24.3 Å². The molecule has 2 saturated heterocycles. The van der Waals surface area contributed by atoms with Gasteiger partial charge in [0.15, 0.2) is 0 Å². The Kier molecular flexibility index (Phi) is 5.71. The summed E-state index contributed by atoms with van der Waals surface area (Å²) in [7, 11) is 1.72. The second kappa shape index (κ2) is 7.64. The summed E-state index contributed by atoms with van der Waals surface area (Å²) in [6, 6.07) is 5.96. The van der Waals surface area contributed by atoms with Gasteiger partial charge in [0.05, 0.1) is 12.2 Å². The van der Waals surface area contributed by atoms with Crippen molar-refractivity contribution in [1.29, 1.82) is 0 Å². The topological polar surface area (TPSA) is 15.7 Å². The fourth-order valence-electron chi connectivity index (χ4n) is 4.39. The number of hydrogen-bond acceptors (Lipinski definition) is 3. The SMILES string of the molecule is COCCN1CCCC2(CCN(Cc3ccccc3C(F)(F)F)C2)C1. The van der Waals surface area contributed by atoms with Crippen molar-refractivity contribution in [3.05, 3.63) is 35.4 Å². The van der Waals surface area contributed by atoms with E-state index in [1.807, 2.05) is 0 Å². The van der Waals surface area contributed by atoms with Crippen molar-refractivity contribution in [2.45, 2.75) is 32.0 Å². The Hall–Kier alpha value is -1.11. The molecule has 1 atom stereocenters. The molecule has 25 heavy (non-hydrogen) atoms. The highest BCUT2D eigenvalue weighted by atomic mass is 19.4. The average Bonchev–Trinajstić information content (AvgIpc) is 2.94. The number of likely N-dealkylation sites (tertiary alicyclic amines) is 2. The van der Waals surface area contributed by atoms with Gasteiger partial charge >= 0.3 is 6.18 Å². The summed E-state index contributed by atoms with van der Waals surface area (Å²) in [5.41, 5.74) is 0.125. The molecule has 6 heteroatoms. The van der Waals surface area contributed by atoms with Crippen LogP contribution in [-0.2, 0) is 17.5 Å². The molecule has 3 nitrogen and oxygen atoms in total. The zero-order chi connectivity index (χ0) is 17.9. The highest BCUT2D eigenvalue weighted by molar-refractivity contribution is 5.29. The molecular formula is C19H27F3N2O. The van der Waals surface area contributed by atoms with Crippen LogP contribution in [0.25, 0.3) is 0 Å². The Morgan fingerprint density at radius 1 is 1.08 bits per heavy atom. The van der Waals surface area contributed by atoms with Crippen LogP contribution >= 0.6 is 0 Å². The number of ether oxygens (including phenoxy) is 1. The maximum Gasteiger partial charge on any atom is 0.416 e. The first-order valence-corrected chi connectivity index (χ1v) is 9.01. The largest absolute Gasteiger partial charge is 0.416 e. The number of benzene rings is 1. The van der Waals surface area contributed by atoms with Crippen LogP contribution in [0.1, 0.15) is 30.4 Å². The van der Waals surface area contributed by atoms with E-state index in [2.05, 4.69) is 9.80 Å². The van der Waals surface area contributed by atoms with Gasteiger partial charge in [-0.2, -0.15) is 13.2 Å². The van der Waals surface area contributed by atoms with Gasteiger partial charge in [-0.3, -0.25) is 4.90 Å². The van der Waals surface area contributed by atoms with E-state index in [9.17, 15) is 13.2 Å². The molecule has 2 aliphatic rings. The van der Waals surface area contributed by atoms with Crippen molar-refractivity contribution in [3.8, 4) is 0 Å². The summed E-state index contributed by atoms with van der Waals surface area (Å²) in [4.78, 5) is 4.64. The minimum Gasteiger partial charge on any atom is -0.383 e. The average molecular weight is 356 g/mol. The quantitative estimate of drug-likeness (QED) is 0.801. The van der Waals surface area contributed by atoms with Crippen LogP contribution in [0, 0.1) is 5.41 Å². The third-order valence-electron chi connectivity index (χ3n) is 5.59. The molecule has 0 bridgehead atoms. The predicted octanol–water partition coefficient (Wildman–Crippen LogP) is 3.64. The van der Waals surface area contributed by atoms with Crippen LogP contribution in [0.2, 0.25) is 0 Å². The first kappa shape index (κ1) is 18.7. The van der Waals surface area contributed by atoms with Crippen LogP contribution in [-0.4, -0.2) is 56.2 Å². The summed E-state index contributed by atoms with van der Waals surface area (Å²) < 4.78 is 44.8. The smallest absolute Gasteiger partial charge is 0.383 e. The molecule has 0 aliphatic carbocycles.